The Morgan fingerprint density at radius 3 is 2.44 bits per heavy atom. The van der Waals surface area contributed by atoms with Gasteiger partial charge in [0.2, 0.25) is 0 Å². The van der Waals surface area contributed by atoms with Crippen LogP contribution in [0.3, 0.4) is 0 Å². The summed E-state index contributed by atoms with van der Waals surface area (Å²) in [4.78, 5) is 0. The molecule has 1 aliphatic carbocycles. The molecular formula is C25H31ClO6. The molecule has 0 spiro atoms. The van der Waals surface area contributed by atoms with E-state index in [2.05, 4.69) is 31.2 Å². The summed E-state index contributed by atoms with van der Waals surface area (Å²) < 4.78 is 11.8. The Labute approximate surface area is 193 Å². The minimum atomic E-state index is -1.43. The van der Waals surface area contributed by atoms with Gasteiger partial charge in [0.05, 0.1) is 18.2 Å². The topological polar surface area (TPSA) is 99.4 Å². The van der Waals surface area contributed by atoms with Gasteiger partial charge < -0.3 is 29.9 Å². The number of ether oxygens (including phenoxy) is 2. The third-order valence-electron chi connectivity index (χ3n) is 6.54. The van der Waals surface area contributed by atoms with Crippen LogP contribution in [0, 0.1) is 0 Å². The molecule has 5 atom stereocenters. The van der Waals surface area contributed by atoms with E-state index in [0.717, 1.165) is 41.7 Å². The number of hydrogen-bond donors (Lipinski definition) is 4. The molecule has 174 valence electrons. The average Bonchev–Trinajstić information content (AvgIpc) is 2.95. The third-order valence-corrected chi connectivity index (χ3v) is 7.01. The second kappa shape index (κ2) is 10.1. The lowest BCUT2D eigenvalue weighted by Gasteiger charge is -2.41. The molecule has 0 amide bonds. The van der Waals surface area contributed by atoms with Crippen molar-refractivity contribution in [3.63, 3.8) is 0 Å². The summed E-state index contributed by atoms with van der Waals surface area (Å²) in [6, 6.07) is 8.40. The molecule has 0 radical (unpaired) electrons. The van der Waals surface area contributed by atoms with Crippen LogP contribution in [0.1, 0.15) is 37.3 Å². The average molecular weight is 463 g/mol. The second-order valence-corrected chi connectivity index (χ2v) is 9.06. The highest BCUT2D eigenvalue weighted by Crippen LogP contribution is 2.40. The highest BCUT2D eigenvalue weighted by atomic mass is 35.5. The fraction of sp³-hybridized carbons (Fsp3) is 0.520. The van der Waals surface area contributed by atoms with Gasteiger partial charge in [-0.3, -0.25) is 0 Å². The summed E-state index contributed by atoms with van der Waals surface area (Å²) in [6.07, 6.45) is -0.471. The van der Waals surface area contributed by atoms with Crippen molar-refractivity contribution in [3.05, 3.63) is 69.0 Å². The van der Waals surface area contributed by atoms with E-state index in [1.54, 1.807) is 0 Å². The van der Waals surface area contributed by atoms with Gasteiger partial charge in [-0.05, 0) is 48.0 Å². The molecule has 32 heavy (non-hydrogen) atoms. The Kier molecular flexibility index (Phi) is 7.40. The van der Waals surface area contributed by atoms with Gasteiger partial charge in [0.1, 0.15) is 36.3 Å². The van der Waals surface area contributed by atoms with Gasteiger partial charge in [0, 0.05) is 12.0 Å². The lowest BCUT2D eigenvalue weighted by molar-refractivity contribution is -0.219. The summed E-state index contributed by atoms with van der Waals surface area (Å²) in [6.45, 7) is 2.25. The highest BCUT2D eigenvalue weighted by molar-refractivity contribution is 6.32. The fourth-order valence-corrected chi connectivity index (χ4v) is 4.93. The predicted octanol–water partition coefficient (Wildman–Crippen LogP) is 2.52. The van der Waals surface area contributed by atoms with E-state index in [-0.39, 0.29) is 0 Å². The Balaban J connectivity index is 1.71. The SMILES string of the molecule is CCc1ccc(CC2=C(Cl)C3=C(CC(C4OC(CO)C(O)C(O)C4O)=C2)OCCC3)cc1. The number of benzene rings is 1. The summed E-state index contributed by atoms with van der Waals surface area (Å²) in [5.41, 5.74) is 4.93. The predicted molar refractivity (Wildman–Crippen MR) is 121 cm³/mol. The van der Waals surface area contributed by atoms with Crippen LogP contribution in [-0.4, -0.2) is 64.2 Å². The highest BCUT2D eigenvalue weighted by Gasteiger charge is 2.45. The zero-order chi connectivity index (χ0) is 22.8. The van der Waals surface area contributed by atoms with Crippen molar-refractivity contribution in [1.29, 1.82) is 0 Å². The van der Waals surface area contributed by atoms with Gasteiger partial charge in [-0.25, -0.2) is 0 Å². The van der Waals surface area contributed by atoms with E-state index in [0.29, 0.717) is 30.1 Å². The van der Waals surface area contributed by atoms with Crippen LogP contribution < -0.4 is 0 Å². The molecule has 1 aromatic carbocycles. The van der Waals surface area contributed by atoms with Crippen LogP contribution in [0.2, 0.25) is 0 Å². The number of aryl methyl sites for hydroxylation is 1. The summed E-state index contributed by atoms with van der Waals surface area (Å²) in [7, 11) is 0. The van der Waals surface area contributed by atoms with Gasteiger partial charge in [-0.1, -0.05) is 48.9 Å². The van der Waals surface area contributed by atoms with E-state index < -0.39 is 37.1 Å². The first-order chi connectivity index (χ1) is 15.4. The van der Waals surface area contributed by atoms with Crippen LogP contribution in [-0.2, 0) is 22.3 Å². The normalized spacial score (nSPS) is 31.1. The minimum absolute atomic E-state index is 0.381. The Morgan fingerprint density at radius 2 is 1.75 bits per heavy atom. The van der Waals surface area contributed by atoms with Crippen molar-refractivity contribution in [3.8, 4) is 0 Å². The number of aliphatic hydroxyl groups is 4. The summed E-state index contributed by atoms with van der Waals surface area (Å²) in [5, 5.41) is 41.4. The van der Waals surface area contributed by atoms with E-state index in [4.69, 9.17) is 21.1 Å². The van der Waals surface area contributed by atoms with E-state index in [1.165, 1.54) is 5.56 Å². The number of aliphatic hydroxyl groups excluding tert-OH is 4. The summed E-state index contributed by atoms with van der Waals surface area (Å²) in [5.74, 6) is 0.751. The number of halogens is 1. The largest absolute Gasteiger partial charge is 0.497 e. The Hall–Kier alpha value is -1.67. The van der Waals surface area contributed by atoms with Gasteiger partial charge >= 0.3 is 0 Å². The second-order valence-electron chi connectivity index (χ2n) is 8.69. The molecule has 7 heteroatoms. The molecule has 4 rings (SSSR count). The van der Waals surface area contributed by atoms with Crippen LogP contribution >= 0.6 is 11.6 Å². The van der Waals surface area contributed by atoms with Crippen LogP contribution in [0.15, 0.2) is 57.9 Å². The van der Waals surface area contributed by atoms with Gasteiger partial charge in [0.25, 0.3) is 0 Å². The number of rotatable bonds is 5. The first-order valence-electron chi connectivity index (χ1n) is 11.3. The molecule has 2 heterocycles. The molecule has 2 aliphatic heterocycles. The van der Waals surface area contributed by atoms with E-state index in [9.17, 15) is 20.4 Å². The maximum Gasteiger partial charge on any atom is 0.113 e. The maximum absolute atomic E-state index is 10.7. The van der Waals surface area contributed by atoms with Crippen molar-refractivity contribution in [1.82, 2.24) is 0 Å². The minimum Gasteiger partial charge on any atom is -0.497 e. The fourth-order valence-electron chi connectivity index (χ4n) is 4.61. The molecule has 1 fully saturated rings. The Bertz CT molecular complexity index is 917. The molecule has 0 bridgehead atoms. The molecular weight excluding hydrogens is 432 g/mol. The van der Waals surface area contributed by atoms with Gasteiger partial charge in [0.15, 0.2) is 0 Å². The molecule has 0 aromatic heterocycles. The molecule has 6 nitrogen and oxygen atoms in total. The molecule has 3 aliphatic rings. The first kappa shape index (κ1) is 23.5. The number of allylic oxidation sites excluding steroid dienone is 5. The van der Waals surface area contributed by atoms with Crippen LogP contribution in [0.25, 0.3) is 0 Å². The third kappa shape index (κ3) is 4.67. The number of hydrogen-bond acceptors (Lipinski definition) is 6. The Morgan fingerprint density at radius 1 is 1.03 bits per heavy atom. The molecule has 5 unspecified atom stereocenters. The van der Waals surface area contributed by atoms with Crippen molar-refractivity contribution < 1.29 is 29.9 Å². The van der Waals surface area contributed by atoms with Crippen molar-refractivity contribution in [2.45, 2.75) is 69.5 Å². The standard InChI is InChI=1S/C25H31ClO6/c1-2-14-5-7-15(8-6-14)10-16-11-17(12-19-18(21(16)26)4-3-9-31-19)25-24(30)23(29)22(28)20(13-27)32-25/h5-8,11,20,22-25,27-30H,2-4,9-10,12-13H2,1H3. The maximum atomic E-state index is 10.7. The molecule has 1 saturated heterocycles. The zero-order valence-electron chi connectivity index (χ0n) is 18.2. The van der Waals surface area contributed by atoms with E-state index in [1.807, 2.05) is 6.08 Å². The molecule has 0 saturated carbocycles. The quantitative estimate of drug-likeness (QED) is 0.536. The van der Waals surface area contributed by atoms with Crippen molar-refractivity contribution >= 4 is 11.6 Å². The monoisotopic (exact) mass is 462 g/mol. The summed E-state index contributed by atoms with van der Waals surface area (Å²) >= 11 is 6.88. The van der Waals surface area contributed by atoms with Crippen LogP contribution in [0.4, 0.5) is 0 Å². The first-order valence-corrected chi connectivity index (χ1v) is 11.6. The van der Waals surface area contributed by atoms with Gasteiger partial charge in [-0.2, -0.15) is 0 Å². The lowest BCUT2D eigenvalue weighted by Crippen LogP contribution is -2.58. The lowest BCUT2D eigenvalue weighted by atomic mass is 9.88. The molecule has 1 aromatic rings. The smallest absolute Gasteiger partial charge is 0.113 e. The van der Waals surface area contributed by atoms with Crippen LogP contribution in [0.5, 0.6) is 0 Å². The van der Waals surface area contributed by atoms with Gasteiger partial charge in [-0.15, -0.1) is 0 Å². The zero-order valence-corrected chi connectivity index (χ0v) is 19.0. The van der Waals surface area contributed by atoms with E-state index >= 15 is 0 Å². The van der Waals surface area contributed by atoms with Crippen molar-refractivity contribution in [2.24, 2.45) is 0 Å². The van der Waals surface area contributed by atoms with Crippen molar-refractivity contribution in [2.75, 3.05) is 13.2 Å². The molecule has 4 N–H and O–H groups in total.